The van der Waals surface area contributed by atoms with E-state index in [4.69, 9.17) is 4.74 Å². The summed E-state index contributed by atoms with van der Waals surface area (Å²) in [5.74, 6) is 0.839. The molecule has 9 heteroatoms. The number of hydrogen-bond acceptors (Lipinski definition) is 5. The van der Waals surface area contributed by atoms with Gasteiger partial charge in [0.05, 0.1) is 16.4 Å². The number of nitrogens with one attached hydrogen (secondary N) is 2. The van der Waals surface area contributed by atoms with Crippen LogP contribution >= 0.6 is 0 Å². The van der Waals surface area contributed by atoms with Crippen LogP contribution in [0.5, 0.6) is 5.75 Å². The van der Waals surface area contributed by atoms with Gasteiger partial charge in [0.25, 0.3) is 20.0 Å². The Morgan fingerprint density at radius 2 is 1.26 bits per heavy atom. The van der Waals surface area contributed by atoms with E-state index >= 15 is 0 Å². The summed E-state index contributed by atoms with van der Waals surface area (Å²) < 4.78 is 54.5. The van der Waals surface area contributed by atoms with E-state index in [1.165, 1.54) is 36.4 Å². The largest absolute Gasteiger partial charge is 0.494 e. The summed E-state index contributed by atoms with van der Waals surface area (Å²) in [6.07, 6.45) is 0.937. The lowest BCUT2D eigenvalue weighted by atomic mass is 9.99. The number of benzene rings is 2. The van der Waals surface area contributed by atoms with Crippen molar-refractivity contribution in [2.75, 3.05) is 6.61 Å². The fourth-order valence-electron chi connectivity index (χ4n) is 2.32. The van der Waals surface area contributed by atoms with Crippen molar-refractivity contribution in [1.82, 2.24) is 9.66 Å². The van der Waals surface area contributed by atoms with Crippen molar-refractivity contribution >= 4 is 20.0 Å². The maximum Gasteiger partial charge on any atom is 0.254 e. The van der Waals surface area contributed by atoms with Crippen molar-refractivity contribution in [3.63, 3.8) is 0 Å². The second-order valence-corrected chi connectivity index (χ2v) is 9.36. The van der Waals surface area contributed by atoms with Gasteiger partial charge in [-0.2, -0.15) is 0 Å². The van der Waals surface area contributed by atoms with Crippen LogP contribution in [0.1, 0.15) is 38.7 Å². The first-order valence-corrected chi connectivity index (χ1v) is 11.5. The molecule has 2 rings (SSSR count). The van der Waals surface area contributed by atoms with Gasteiger partial charge in [0.1, 0.15) is 5.75 Å². The standard InChI is InChI=1S/C18H24N2O5S2/c1-4-14(3)15-6-10-17(11-7-15)26(21,22)19-20-27(23,24)18-12-8-16(9-13-18)25-5-2/h6-14,19-20H,4-5H2,1-3H3/t14-/m0/s1. The second kappa shape index (κ2) is 8.83. The van der Waals surface area contributed by atoms with Crippen molar-refractivity contribution in [3.05, 3.63) is 54.1 Å². The zero-order valence-electron chi connectivity index (χ0n) is 15.5. The van der Waals surface area contributed by atoms with Crippen molar-refractivity contribution in [2.45, 2.75) is 42.9 Å². The van der Waals surface area contributed by atoms with Crippen molar-refractivity contribution < 1.29 is 21.6 Å². The average Bonchev–Trinajstić information content (AvgIpc) is 2.67. The first-order chi connectivity index (χ1) is 12.7. The molecule has 0 aliphatic rings. The molecule has 0 saturated carbocycles. The minimum Gasteiger partial charge on any atom is -0.494 e. The molecular formula is C18H24N2O5S2. The van der Waals surface area contributed by atoms with Crippen LogP contribution < -0.4 is 14.4 Å². The Bertz CT molecular complexity index is 954. The summed E-state index contributed by atoms with van der Waals surface area (Å²) in [7, 11) is -8.09. The van der Waals surface area contributed by atoms with E-state index in [9.17, 15) is 16.8 Å². The van der Waals surface area contributed by atoms with Gasteiger partial charge in [0.15, 0.2) is 0 Å². The Kier molecular flexibility index (Phi) is 6.99. The SMILES string of the molecule is CCOc1ccc(S(=O)(=O)NNS(=O)(=O)c2ccc([C@@H](C)CC)cc2)cc1. The molecule has 27 heavy (non-hydrogen) atoms. The fraction of sp³-hybridized carbons (Fsp3) is 0.333. The normalized spacial score (nSPS) is 13.3. The fourth-order valence-corrected chi connectivity index (χ4v) is 4.42. The quantitative estimate of drug-likeness (QED) is 0.617. The highest BCUT2D eigenvalue weighted by Gasteiger charge is 2.20. The van der Waals surface area contributed by atoms with Gasteiger partial charge in [-0.25, -0.2) is 16.8 Å². The number of hydrazine groups is 1. The Labute approximate surface area is 160 Å². The van der Waals surface area contributed by atoms with E-state index in [-0.39, 0.29) is 9.79 Å². The summed E-state index contributed by atoms with van der Waals surface area (Å²) in [5.41, 5.74) is 1.02. The predicted octanol–water partition coefficient (Wildman–Crippen LogP) is 2.77. The summed E-state index contributed by atoms with van der Waals surface area (Å²) >= 11 is 0. The molecule has 0 radical (unpaired) electrons. The average molecular weight is 413 g/mol. The zero-order valence-corrected chi connectivity index (χ0v) is 17.1. The van der Waals surface area contributed by atoms with E-state index in [1.807, 2.05) is 30.4 Å². The molecule has 0 heterocycles. The molecule has 0 aliphatic heterocycles. The van der Waals surface area contributed by atoms with Gasteiger partial charge in [-0.05, 0) is 61.2 Å². The van der Waals surface area contributed by atoms with E-state index in [2.05, 4.69) is 0 Å². The lowest BCUT2D eigenvalue weighted by Gasteiger charge is -2.12. The van der Waals surface area contributed by atoms with Crippen LogP contribution in [0.15, 0.2) is 58.3 Å². The molecule has 1 atom stereocenters. The zero-order chi connectivity index (χ0) is 20.1. The predicted molar refractivity (Wildman–Crippen MR) is 103 cm³/mol. The van der Waals surface area contributed by atoms with Gasteiger partial charge in [-0.15, -0.1) is 9.66 Å². The number of ether oxygens (including phenoxy) is 1. The van der Waals surface area contributed by atoms with Gasteiger partial charge < -0.3 is 4.74 Å². The van der Waals surface area contributed by atoms with Crippen molar-refractivity contribution in [2.24, 2.45) is 0 Å². The topological polar surface area (TPSA) is 102 Å². The molecule has 0 amide bonds. The van der Waals surface area contributed by atoms with Crippen LogP contribution in [-0.2, 0) is 20.0 Å². The highest BCUT2D eigenvalue weighted by molar-refractivity contribution is 7.92. The van der Waals surface area contributed by atoms with Gasteiger partial charge in [0, 0.05) is 0 Å². The Morgan fingerprint density at radius 1 is 0.815 bits per heavy atom. The minimum atomic E-state index is -4.05. The molecule has 0 aromatic heterocycles. The molecule has 148 valence electrons. The van der Waals surface area contributed by atoms with Gasteiger partial charge in [-0.1, -0.05) is 26.0 Å². The summed E-state index contributed by atoms with van der Waals surface area (Å²) in [6.45, 7) is 6.37. The Morgan fingerprint density at radius 3 is 1.67 bits per heavy atom. The monoisotopic (exact) mass is 412 g/mol. The molecule has 2 N–H and O–H groups in total. The highest BCUT2D eigenvalue weighted by atomic mass is 32.2. The molecule has 0 unspecified atom stereocenters. The number of sulfonamides is 2. The van der Waals surface area contributed by atoms with Crippen LogP contribution in [0.2, 0.25) is 0 Å². The molecule has 0 saturated heterocycles. The van der Waals surface area contributed by atoms with Crippen molar-refractivity contribution in [3.8, 4) is 5.75 Å². The molecule has 2 aromatic rings. The molecule has 0 spiro atoms. The van der Waals surface area contributed by atoms with Crippen molar-refractivity contribution in [1.29, 1.82) is 0 Å². The summed E-state index contributed by atoms with van der Waals surface area (Å²) in [5, 5.41) is 0. The van der Waals surface area contributed by atoms with Gasteiger partial charge in [0.2, 0.25) is 0 Å². The summed E-state index contributed by atoms with van der Waals surface area (Å²) in [6, 6.07) is 12.0. The third-order valence-corrected chi connectivity index (χ3v) is 6.78. The molecule has 0 bridgehead atoms. The lowest BCUT2D eigenvalue weighted by Crippen LogP contribution is -2.41. The van der Waals surface area contributed by atoms with E-state index in [0.717, 1.165) is 12.0 Å². The van der Waals surface area contributed by atoms with Crippen LogP contribution in [-0.4, -0.2) is 23.4 Å². The van der Waals surface area contributed by atoms with Crippen LogP contribution in [0.3, 0.4) is 0 Å². The maximum absolute atomic E-state index is 12.3. The lowest BCUT2D eigenvalue weighted by molar-refractivity contribution is 0.340. The van der Waals surface area contributed by atoms with Crippen LogP contribution in [0.25, 0.3) is 0 Å². The smallest absolute Gasteiger partial charge is 0.254 e. The van der Waals surface area contributed by atoms with Gasteiger partial charge in [-0.3, -0.25) is 0 Å². The van der Waals surface area contributed by atoms with Gasteiger partial charge >= 0.3 is 0 Å². The highest BCUT2D eigenvalue weighted by Crippen LogP contribution is 2.20. The Balaban J connectivity index is 2.11. The molecule has 0 fully saturated rings. The summed E-state index contributed by atoms with van der Waals surface area (Å²) in [4.78, 5) is 3.72. The second-order valence-electron chi connectivity index (χ2n) is 5.99. The molecule has 7 nitrogen and oxygen atoms in total. The first kappa shape index (κ1) is 21.4. The molecule has 0 aliphatic carbocycles. The van der Waals surface area contributed by atoms with E-state index < -0.39 is 20.0 Å². The van der Waals surface area contributed by atoms with Crippen LogP contribution in [0, 0.1) is 0 Å². The minimum absolute atomic E-state index is 0.0241. The molecule has 2 aromatic carbocycles. The van der Waals surface area contributed by atoms with Crippen LogP contribution in [0.4, 0.5) is 0 Å². The third kappa shape index (κ3) is 5.52. The third-order valence-electron chi connectivity index (χ3n) is 4.13. The number of rotatable bonds is 9. The Hall–Kier alpha value is -1.94. The molecular weight excluding hydrogens is 388 g/mol. The van der Waals surface area contributed by atoms with E-state index in [1.54, 1.807) is 12.1 Å². The first-order valence-electron chi connectivity index (χ1n) is 8.56. The maximum atomic E-state index is 12.3. The number of hydrogen-bond donors (Lipinski definition) is 2. The van der Waals surface area contributed by atoms with E-state index in [0.29, 0.717) is 18.3 Å².